The molecule has 0 atom stereocenters. The van der Waals surface area contributed by atoms with E-state index in [1.54, 1.807) is 18.3 Å². The summed E-state index contributed by atoms with van der Waals surface area (Å²) in [6, 6.07) is 3.30. The molecule has 0 aromatic carbocycles. The Morgan fingerprint density at radius 2 is 2.22 bits per heavy atom. The molecule has 0 aliphatic carbocycles. The van der Waals surface area contributed by atoms with Crippen LogP contribution in [0.5, 0.6) is 0 Å². The SMILES string of the molecule is CC.CO[N+](=O)OCCNC(=O)c1cccnc1. The molecular formula is C11H18N3O4+. The third-order valence-corrected chi connectivity index (χ3v) is 1.66. The van der Waals surface area contributed by atoms with Gasteiger partial charge in [0.2, 0.25) is 0 Å². The first-order chi connectivity index (χ1) is 8.74. The highest BCUT2D eigenvalue weighted by molar-refractivity contribution is 5.93. The van der Waals surface area contributed by atoms with Crippen LogP contribution in [0.4, 0.5) is 0 Å². The molecule has 0 aliphatic rings. The second kappa shape index (κ2) is 10.0. The molecule has 1 aromatic heterocycles. The summed E-state index contributed by atoms with van der Waals surface area (Å²) in [6.07, 6.45) is 3.03. The maximum Gasteiger partial charge on any atom is 0.477 e. The minimum absolute atomic E-state index is 0.0311. The van der Waals surface area contributed by atoms with Crippen molar-refractivity contribution in [1.82, 2.24) is 10.3 Å². The lowest BCUT2D eigenvalue weighted by Crippen LogP contribution is -2.28. The molecule has 1 amide bonds. The summed E-state index contributed by atoms with van der Waals surface area (Å²) >= 11 is 0. The lowest BCUT2D eigenvalue weighted by Gasteiger charge is -2.01. The molecular weight excluding hydrogens is 238 g/mol. The molecule has 100 valence electrons. The van der Waals surface area contributed by atoms with Gasteiger partial charge in [0.05, 0.1) is 12.1 Å². The molecule has 1 aromatic rings. The van der Waals surface area contributed by atoms with Crippen LogP contribution >= 0.6 is 0 Å². The number of nitrogens with one attached hydrogen (secondary N) is 1. The minimum atomic E-state index is -0.272. The van der Waals surface area contributed by atoms with Crippen molar-refractivity contribution < 1.29 is 19.6 Å². The zero-order valence-corrected chi connectivity index (χ0v) is 10.8. The highest BCUT2D eigenvalue weighted by atomic mass is 17.0. The number of hydrogen-bond donors (Lipinski definition) is 1. The van der Waals surface area contributed by atoms with E-state index in [-0.39, 0.29) is 24.1 Å². The third-order valence-electron chi connectivity index (χ3n) is 1.66. The predicted octanol–water partition coefficient (Wildman–Crippen LogP) is 1.11. The van der Waals surface area contributed by atoms with E-state index in [1.165, 1.54) is 13.3 Å². The van der Waals surface area contributed by atoms with Gasteiger partial charge < -0.3 is 5.32 Å². The van der Waals surface area contributed by atoms with Crippen molar-refractivity contribution in [2.75, 3.05) is 20.3 Å². The van der Waals surface area contributed by atoms with Crippen LogP contribution < -0.4 is 5.32 Å². The molecule has 1 N–H and O–H groups in total. The van der Waals surface area contributed by atoms with Crippen molar-refractivity contribution in [1.29, 1.82) is 0 Å². The van der Waals surface area contributed by atoms with E-state index >= 15 is 0 Å². The first-order valence-electron chi connectivity index (χ1n) is 5.56. The molecule has 0 saturated heterocycles. The maximum absolute atomic E-state index is 11.4. The molecule has 7 heteroatoms. The van der Waals surface area contributed by atoms with Gasteiger partial charge in [-0.25, -0.2) is 0 Å². The van der Waals surface area contributed by atoms with Gasteiger partial charge in [0.15, 0.2) is 13.7 Å². The van der Waals surface area contributed by atoms with Gasteiger partial charge >= 0.3 is 5.09 Å². The Morgan fingerprint density at radius 3 is 2.78 bits per heavy atom. The van der Waals surface area contributed by atoms with E-state index in [0.29, 0.717) is 5.56 Å². The number of aromatic nitrogens is 1. The molecule has 0 unspecified atom stereocenters. The minimum Gasteiger partial charge on any atom is -0.348 e. The summed E-state index contributed by atoms with van der Waals surface area (Å²) in [6.45, 7) is 4.24. The molecule has 1 rings (SSSR count). The smallest absolute Gasteiger partial charge is 0.348 e. The van der Waals surface area contributed by atoms with E-state index in [9.17, 15) is 9.70 Å². The van der Waals surface area contributed by atoms with Gasteiger partial charge in [-0.3, -0.25) is 9.78 Å². The average molecular weight is 256 g/mol. The summed E-state index contributed by atoms with van der Waals surface area (Å²) < 4.78 is 0. The van der Waals surface area contributed by atoms with Gasteiger partial charge in [0.25, 0.3) is 5.91 Å². The fourth-order valence-corrected chi connectivity index (χ4v) is 0.937. The van der Waals surface area contributed by atoms with Crippen molar-refractivity contribution in [3.63, 3.8) is 0 Å². The summed E-state index contributed by atoms with van der Waals surface area (Å²) in [5.41, 5.74) is 0.452. The molecule has 0 spiro atoms. The quantitative estimate of drug-likeness (QED) is 0.609. The standard InChI is InChI=1S/C9H11N3O4.C2H6/c1-15-12(14)16-6-5-11-9(13)8-3-2-4-10-7-8;1-2/h2-4,7H,5-6H2,1H3;1-2H3/p+1. The molecule has 0 aliphatic heterocycles. The Hall–Kier alpha value is -2.18. The Labute approximate surface area is 106 Å². The maximum atomic E-state index is 11.4. The van der Waals surface area contributed by atoms with Crippen LogP contribution in [0.1, 0.15) is 24.2 Å². The Bertz CT molecular complexity index is 357. The van der Waals surface area contributed by atoms with Crippen molar-refractivity contribution in [3.8, 4) is 0 Å². The number of hydrogen-bond acceptors (Lipinski definition) is 5. The summed E-state index contributed by atoms with van der Waals surface area (Å²) in [4.78, 5) is 34.4. The number of carbonyl (C=O) groups is 1. The Kier molecular flexibility index (Phi) is 8.79. The Morgan fingerprint density at radius 1 is 1.50 bits per heavy atom. The highest BCUT2D eigenvalue weighted by Gasteiger charge is 2.09. The van der Waals surface area contributed by atoms with Gasteiger partial charge in [0.1, 0.15) is 4.91 Å². The van der Waals surface area contributed by atoms with Crippen LogP contribution in [0.25, 0.3) is 0 Å². The lowest BCUT2D eigenvalue weighted by atomic mass is 10.3. The predicted molar refractivity (Wildman–Crippen MR) is 64.5 cm³/mol. The molecule has 0 radical (unpaired) electrons. The van der Waals surface area contributed by atoms with E-state index in [1.807, 2.05) is 13.8 Å². The number of carbonyl (C=O) groups excluding carboxylic acids is 1. The fourth-order valence-electron chi connectivity index (χ4n) is 0.937. The van der Waals surface area contributed by atoms with Gasteiger partial charge in [-0.2, -0.15) is 9.68 Å². The van der Waals surface area contributed by atoms with Gasteiger partial charge in [0, 0.05) is 12.4 Å². The number of pyridine rings is 1. The van der Waals surface area contributed by atoms with Gasteiger partial charge in [-0.1, -0.05) is 13.8 Å². The zero-order valence-electron chi connectivity index (χ0n) is 10.8. The van der Waals surface area contributed by atoms with Crippen molar-refractivity contribution >= 4 is 5.91 Å². The molecule has 7 nitrogen and oxygen atoms in total. The third kappa shape index (κ3) is 6.41. The molecule has 0 bridgehead atoms. The molecule has 0 saturated carbocycles. The summed E-state index contributed by atoms with van der Waals surface area (Å²) in [7, 11) is 1.18. The number of nitrogens with zero attached hydrogens (tertiary/aromatic N) is 2. The van der Waals surface area contributed by atoms with E-state index < -0.39 is 0 Å². The highest BCUT2D eigenvalue weighted by Crippen LogP contribution is 1.94. The number of rotatable bonds is 6. The van der Waals surface area contributed by atoms with E-state index in [0.717, 1.165) is 0 Å². The molecule has 0 fully saturated rings. The van der Waals surface area contributed by atoms with Crippen LogP contribution in [-0.4, -0.2) is 36.2 Å². The van der Waals surface area contributed by atoms with Crippen LogP contribution in [-0.2, 0) is 9.68 Å². The van der Waals surface area contributed by atoms with Gasteiger partial charge in [-0.15, -0.1) is 0 Å². The van der Waals surface area contributed by atoms with E-state index in [4.69, 9.17) is 0 Å². The normalized spacial score (nSPS) is 8.61. The first-order valence-corrected chi connectivity index (χ1v) is 5.56. The number of amides is 1. The van der Waals surface area contributed by atoms with E-state index in [2.05, 4.69) is 20.0 Å². The first kappa shape index (κ1) is 15.8. The average Bonchev–Trinajstić information content (AvgIpc) is 2.46. The Balaban J connectivity index is 0.00000137. The van der Waals surface area contributed by atoms with Crippen LogP contribution in [0.15, 0.2) is 24.5 Å². The monoisotopic (exact) mass is 256 g/mol. The topological polar surface area (TPSA) is 80.5 Å². The second-order valence-corrected chi connectivity index (χ2v) is 2.74. The summed E-state index contributed by atoms with van der Waals surface area (Å²) in [5, 5.41) is 2.52. The van der Waals surface area contributed by atoms with Crippen LogP contribution in [0.3, 0.4) is 0 Å². The molecule has 18 heavy (non-hydrogen) atoms. The van der Waals surface area contributed by atoms with Gasteiger partial charge in [-0.05, 0) is 12.1 Å². The largest absolute Gasteiger partial charge is 0.477 e. The van der Waals surface area contributed by atoms with Crippen LogP contribution in [0, 0.1) is 4.91 Å². The second-order valence-electron chi connectivity index (χ2n) is 2.74. The van der Waals surface area contributed by atoms with Crippen molar-refractivity contribution in [2.24, 2.45) is 0 Å². The summed E-state index contributed by atoms with van der Waals surface area (Å²) in [5.74, 6) is -0.272. The lowest BCUT2D eigenvalue weighted by molar-refractivity contribution is -0.976. The van der Waals surface area contributed by atoms with Crippen LogP contribution in [0.2, 0.25) is 0 Å². The van der Waals surface area contributed by atoms with Crippen molar-refractivity contribution in [3.05, 3.63) is 35.0 Å². The molecule has 1 heterocycles. The van der Waals surface area contributed by atoms with Crippen molar-refractivity contribution in [2.45, 2.75) is 13.8 Å². The zero-order chi connectivity index (χ0) is 13.8. The fraction of sp³-hybridized carbons (Fsp3) is 0.455.